The Kier molecular flexibility index (Phi) is 4.34. The predicted octanol–water partition coefficient (Wildman–Crippen LogP) is 3.42. The highest BCUT2D eigenvalue weighted by Crippen LogP contribution is 2.26. The molecule has 1 atom stereocenters. The summed E-state index contributed by atoms with van der Waals surface area (Å²) in [7, 11) is 0. The van der Waals surface area contributed by atoms with Gasteiger partial charge in [0.15, 0.2) is 0 Å². The van der Waals surface area contributed by atoms with Gasteiger partial charge in [-0.15, -0.1) is 0 Å². The molecule has 1 N–H and O–H groups in total. The van der Waals surface area contributed by atoms with Crippen molar-refractivity contribution in [2.75, 3.05) is 0 Å². The zero-order valence-electron chi connectivity index (χ0n) is 10.0. The lowest BCUT2D eigenvalue weighted by Crippen LogP contribution is -2.34. The quantitative estimate of drug-likeness (QED) is 0.782. The minimum atomic E-state index is -0.504. The third kappa shape index (κ3) is 3.35. The predicted molar refractivity (Wildman–Crippen MR) is 64.8 cm³/mol. The summed E-state index contributed by atoms with van der Waals surface area (Å²) >= 11 is 0. The Morgan fingerprint density at radius 2 is 1.80 bits per heavy atom. The summed E-state index contributed by atoms with van der Waals surface area (Å²) < 4.78 is 0. The van der Waals surface area contributed by atoms with E-state index in [4.69, 9.17) is 0 Å². The second kappa shape index (κ2) is 5.32. The molecule has 0 radical (unpaired) electrons. The molecule has 1 unspecified atom stereocenters. The van der Waals surface area contributed by atoms with E-state index in [0.29, 0.717) is 5.92 Å². The summed E-state index contributed by atoms with van der Waals surface area (Å²) in [6.07, 6.45) is 2.64. The lowest BCUT2D eigenvalue weighted by molar-refractivity contribution is -0.0162. The van der Waals surface area contributed by atoms with Crippen molar-refractivity contribution in [3.8, 4) is 0 Å². The second-order valence-electron chi connectivity index (χ2n) is 4.60. The van der Waals surface area contributed by atoms with Crippen LogP contribution in [0.3, 0.4) is 0 Å². The largest absolute Gasteiger partial charge is 0.390 e. The minimum absolute atomic E-state index is 0.325. The lowest BCUT2D eigenvalue weighted by Gasteiger charge is -2.31. The number of hydrogen-bond donors (Lipinski definition) is 1. The molecule has 1 heteroatoms. The zero-order chi connectivity index (χ0) is 11.3. The summed E-state index contributed by atoms with van der Waals surface area (Å²) in [5, 5.41) is 10.4. The molecule has 0 bridgehead atoms. The molecule has 0 aliphatic carbocycles. The van der Waals surface area contributed by atoms with Crippen LogP contribution in [0.4, 0.5) is 0 Å². The molecule has 1 rings (SSSR count). The standard InChI is InChI=1S/C14H22O/c1-4-14(15,12(2)3)11-10-13-8-6-5-7-9-13/h5-9,12,15H,4,10-11H2,1-3H3. The van der Waals surface area contributed by atoms with Crippen LogP contribution in [0.25, 0.3) is 0 Å². The molecule has 84 valence electrons. The first-order valence-corrected chi connectivity index (χ1v) is 5.85. The molecule has 1 aromatic rings. The number of benzene rings is 1. The first-order valence-electron chi connectivity index (χ1n) is 5.85. The normalized spacial score (nSPS) is 15.3. The highest BCUT2D eigenvalue weighted by Gasteiger charge is 2.27. The number of aryl methyl sites for hydroxylation is 1. The van der Waals surface area contributed by atoms with Crippen LogP contribution in [-0.2, 0) is 6.42 Å². The van der Waals surface area contributed by atoms with Crippen LogP contribution in [0.2, 0.25) is 0 Å². The Labute approximate surface area is 93.1 Å². The smallest absolute Gasteiger partial charge is 0.0671 e. The van der Waals surface area contributed by atoms with Gasteiger partial charge in [-0.1, -0.05) is 51.1 Å². The van der Waals surface area contributed by atoms with E-state index in [2.05, 4.69) is 45.0 Å². The number of aliphatic hydroxyl groups is 1. The van der Waals surface area contributed by atoms with Crippen molar-refractivity contribution < 1.29 is 5.11 Å². The van der Waals surface area contributed by atoms with Crippen molar-refractivity contribution >= 4 is 0 Å². The number of rotatable bonds is 5. The Balaban J connectivity index is 2.55. The third-order valence-corrected chi connectivity index (χ3v) is 3.38. The van der Waals surface area contributed by atoms with Gasteiger partial charge in [0.25, 0.3) is 0 Å². The third-order valence-electron chi connectivity index (χ3n) is 3.38. The Morgan fingerprint density at radius 1 is 1.20 bits per heavy atom. The van der Waals surface area contributed by atoms with Gasteiger partial charge < -0.3 is 5.11 Å². The maximum absolute atomic E-state index is 10.4. The highest BCUT2D eigenvalue weighted by molar-refractivity contribution is 5.15. The molecular formula is C14H22O. The van der Waals surface area contributed by atoms with Gasteiger partial charge in [-0.3, -0.25) is 0 Å². The maximum Gasteiger partial charge on any atom is 0.0671 e. The van der Waals surface area contributed by atoms with E-state index in [1.54, 1.807) is 0 Å². The molecule has 1 aromatic carbocycles. The van der Waals surface area contributed by atoms with Crippen LogP contribution in [0, 0.1) is 5.92 Å². The van der Waals surface area contributed by atoms with E-state index in [0.717, 1.165) is 19.3 Å². The van der Waals surface area contributed by atoms with E-state index in [9.17, 15) is 5.11 Å². The van der Waals surface area contributed by atoms with Gasteiger partial charge in [-0.2, -0.15) is 0 Å². The van der Waals surface area contributed by atoms with Crippen molar-refractivity contribution in [2.24, 2.45) is 5.92 Å². The Bertz CT molecular complexity index is 279. The van der Waals surface area contributed by atoms with Crippen LogP contribution in [0.1, 0.15) is 39.2 Å². The average Bonchev–Trinajstić information content (AvgIpc) is 2.27. The van der Waals surface area contributed by atoms with E-state index >= 15 is 0 Å². The second-order valence-corrected chi connectivity index (χ2v) is 4.60. The van der Waals surface area contributed by atoms with Crippen LogP contribution in [-0.4, -0.2) is 10.7 Å². The fourth-order valence-corrected chi connectivity index (χ4v) is 1.88. The SMILES string of the molecule is CCC(O)(CCc1ccccc1)C(C)C. The van der Waals surface area contributed by atoms with E-state index < -0.39 is 5.60 Å². The van der Waals surface area contributed by atoms with E-state index in [1.165, 1.54) is 5.56 Å². The summed E-state index contributed by atoms with van der Waals surface area (Å²) in [5.41, 5.74) is 0.806. The molecule has 0 spiro atoms. The summed E-state index contributed by atoms with van der Waals surface area (Å²) in [5.74, 6) is 0.325. The number of hydrogen-bond acceptors (Lipinski definition) is 1. The van der Waals surface area contributed by atoms with Crippen molar-refractivity contribution in [2.45, 2.75) is 45.6 Å². The van der Waals surface area contributed by atoms with Gasteiger partial charge in [0.1, 0.15) is 0 Å². The van der Waals surface area contributed by atoms with Gasteiger partial charge in [-0.25, -0.2) is 0 Å². The average molecular weight is 206 g/mol. The maximum atomic E-state index is 10.4. The summed E-state index contributed by atoms with van der Waals surface area (Å²) in [4.78, 5) is 0. The molecule has 15 heavy (non-hydrogen) atoms. The molecular weight excluding hydrogens is 184 g/mol. The van der Waals surface area contributed by atoms with Crippen molar-refractivity contribution in [1.82, 2.24) is 0 Å². The lowest BCUT2D eigenvalue weighted by atomic mass is 9.83. The first-order chi connectivity index (χ1) is 7.08. The van der Waals surface area contributed by atoms with Gasteiger partial charge in [0.05, 0.1) is 5.60 Å². The fraction of sp³-hybridized carbons (Fsp3) is 0.571. The summed E-state index contributed by atoms with van der Waals surface area (Å²) in [6.45, 7) is 6.24. The van der Waals surface area contributed by atoms with Crippen LogP contribution in [0.15, 0.2) is 30.3 Å². The molecule has 0 saturated heterocycles. The van der Waals surface area contributed by atoms with Crippen molar-refractivity contribution in [3.05, 3.63) is 35.9 Å². The molecule has 0 aliphatic rings. The Morgan fingerprint density at radius 3 is 2.27 bits per heavy atom. The minimum Gasteiger partial charge on any atom is -0.390 e. The topological polar surface area (TPSA) is 20.2 Å². The molecule has 0 fully saturated rings. The van der Waals surface area contributed by atoms with Gasteiger partial charge >= 0.3 is 0 Å². The Hall–Kier alpha value is -0.820. The van der Waals surface area contributed by atoms with Crippen LogP contribution >= 0.6 is 0 Å². The van der Waals surface area contributed by atoms with Gasteiger partial charge in [0, 0.05) is 0 Å². The van der Waals surface area contributed by atoms with Crippen molar-refractivity contribution in [3.63, 3.8) is 0 Å². The molecule has 0 amide bonds. The summed E-state index contributed by atoms with van der Waals surface area (Å²) in [6, 6.07) is 10.4. The van der Waals surface area contributed by atoms with Gasteiger partial charge in [-0.05, 0) is 30.7 Å². The zero-order valence-corrected chi connectivity index (χ0v) is 10.0. The monoisotopic (exact) mass is 206 g/mol. The van der Waals surface area contributed by atoms with Gasteiger partial charge in [0.2, 0.25) is 0 Å². The fourth-order valence-electron chi connectivity index (χ4n) is 1.88. The highest BCUT2D eigenvalue weighted by atomic mass is 16.3. The molecule has 0 aromatic heterocycles. The van der Waals surface area contributed by atoms with Crippen LogP contribution in [0.5, 0.6) is 0 Å². The first kappa shape index (κ1) is 12.3. The van der Waals surface area contributed by atoms with E-state index in [1.807, 2.05) is 6.07 Å². The van der Waals surface area contributed by atoms with E-state index in [-0.39, 0.29) is 0 Å². The van der Waals surface area contributed by atoms with Crippen LogP contribution < -0.4 is 0 Å². The van der Waals surface area contributed by atoms with Crippen molar-refractivity contribution in [1.29, 1.82) is 0 Å². The molecule has 1 nitrogen and oxygen atoms in total. The molecule has 0 saturated carbocycles. The molecule has 0 heterocycles. The molecule has 0 aliphatic heterocycles.